The van der Waals surface area contributed by atoms with Gasteiger partial charge in [0.25, 0.3) is 5.91 Å². The van der Waals surface area contributed by atoms with E-state index in [4.69, 9.17) is 4.74 Å². The lowest BCUT2D eigenvalue weighted by Gasteiger charge is -2.18. The lowest BCUT2D eigenvalue weighted by Crippen LogP contribution is -2.29. The van der Waals surface area contributed by atoms with Crippen LogP contribution in [0.3, 0.4) is 0 Å². The van der Waals surface area contributed by atoms with Gasteiger partial charge in [-0.05, 0) is 63.6 Å². The summed E-state index contributed by atoms with van der Waals surface area (Å²) in [5.41, 5.74) is 5.26. The highest BCUT2D eigenvalue weighted by atomic mass is 16.5. The Balaban J connectivity index is 1.70. The van der Waals surface area contributed by atoms with Crippen LogP contribution in [0.1, 0.15) is 52.9 Å². The van der Waals surface area contributed by atoms with Crippen LogP contribution in [0.25, 0.3) is 10.9 Å². The smallest absolute Gasteiger partial charge is 0.270 e. The predicted octanol–water partition coefficient (Wildman–Crippen LogP) is 4.12. The fourth-order valence-corrected chi connectivity index (χ4v) is 3.72. The zero-order valence-electron chi connectivity index (χ0n) is 15.2. The minimum absolute atomic E-state index is 0.0769. The molecule has 4 heteroatoms. The van der Waals surface area contributed by atoms with Crippen molar-refractivity contribution >= 4 is 16.8 Å². The number of nitrogens with zero attached hydrogens (tertiary/aromatic N) is 1. The fourth-order valence-electron chi connectivity index (χ4n) is 3.72. The van der Waals surface area contributed by atoms with Crippen molar-refractivity contribution < 1.29 is 9.53 Å². The molecule has 1 aromatic carbocycles. The van der Waals surface area contributed by atoms with E-state index >= 15 is 0 Å². The largest absolute Gasteiger partial charge is 0.378 e. The number of fused-ring (bicyclic) bond motifs is 1. The van der Waals surface area contributed by atoms with Gasteiger partial charge in [0.15, 0.2) is 0 Å². The van der Waals surface area contributed by atoms with Gasteiger partial charge in [0.2, 0.25) is 0 Å². The van der Waals surface area contributed by atoms with Crippen LogP contribution in [0.4, 0.5) is 0 Å². The maximum Gasteiger partial charge on any atom is 0.270 e. The minimum Gasteiger partial charge on any atom is -0.378 e. The summed E-state index contributed by atoms with van der Waals surface area (Å²) in [6.07, 6.45) is 4.77. The first kappa shape index (κ1) is 17.0. The van der Waals surface area contributed by atoms with E-state index in [1.807, 2.05) is 18.9 Å². The molecule has 0 bridgehead atoms. The van der Waals surface area contributed by atoms with Crippen LogP contribution in [0.15, 0.2) is 12.1 Å². The molecular formula is C20H28N2O2. The van der Waals surface area contributed by atoms with Crippen molar-refractivity contribution in [3.8, 4) is 0 Å². The highest BCUT2D eigenvalue weighted by Gasteiger charge is 2.20. The van der Waals surface area contributed by atoms with Gasteiger partial charge >= 0.3 is 0 Å². The quantitative estimate of drug-likeness (QED) is 0.897. The standard InChI is InChI=1S/C20H28N2O2/c1-13-11-14(2)18-17(12-13)15(3)19(21-18)20(23)22(4)9-5-7-16-8-6-10-24-16/h11-12,16,21H,5-10H2,1-4H3/t16-/m1/s1. The van der Waals surface area contributed by atoms with Gasteiger partial charge in [-0.2, -0.15) is 0 Å². The second-order valence-corrected chi connectivity index (χ2v) is 7.13. The van der Waals surface area contributed by atoms with Gasteiger partial charge in [0.1, 0.15) is 5.69 Å². The van der Waals surface area contributed by atoms with E-state index in [0.29, 0.717) is 6.10 Å². The molecule has 1 aliphatic rings. The van der Waals surface area contributed by atoms with Gasteiger partial charge in [-0.25, -0.2) is 0 Å². The van der Waals surface area contributed by atoms with Crippen LogP contribution >= 0.6 is 0 Å². The molecule has 1 atom stereocenters. The van der Waals surface area contributed by atoms with Crippen LogP contribution in [0.5, 0.6) is 0 Å². The van der Waals surface area contributed by atoms with E-state index in [1.54, 1.807) is 0 Å². The zero-order valence-corrected chi connectivity index (χ0v) is 15.2. The number of carbonyl (C=O) groups excluding carboxylic acids is 1. The fraction of sp³-hybridized carbons (Fsp3) is 0.550. The maximum atomic E-state index is 12.8. The second-order valence-electron chi connectivity index (χ2n) is 7.13. The molecule has 1 fully saturated rings. The number of amides is 1. The molecule has 4 nitrogen and oxygen atoms in total. The first-order chi connectivity index (χ1) is 11.5. The van der Waals surface area contributed by atoms with Crippen molar-refractivity contribution in [3.63, 3.8) is 0 Å². The van der Waals surface area contributed by atoms with Crippen LogP contribution in [0, 0.1) is 20.8 Å². The lowest BCUT2D eigenvalue weighted by atomic mass is 10.1. The first-order valence-electron chi connectivity index (χ1n) is 8.94. The van der Waals surface area contributed by atoms with Gasteiger partial charge in [0, 0.05) is 31.1 Å². The van der Waals surface area contributed by atoms with Gasteiger partial charge in [-0.15, -0.1) is 0 Å². The first-order valence-corrected chi connectivity index (χ1v) is 8.94. The third-order valence-electron chi connectivity index (χ3n) is 5.11. The second kappa shape index (κ2) is 6.98. The summed E-state index contributed by atoms with van der Waals surface area (Å²) in [5, 5.41) is 1.16. The number of H-pyrrole nitrogens is 1. The average molecular weight is 328 g/mol. The molecule has 0 spiro atoms. The molecule has 24 heavy (non-hydrogen) atoms. The monoisotopic (exact) mass is 328 g/mol. The molecule has 3 rings (SSSR count). The van der Waals surface area contributed by atoms with Crippen molar-refractivity contribution in [3.05, 3.63) is 34.5 Å². The number of carbonyl (C=O) groups is 1. The molecule has 1 amide bonds. The molecule has 0 radical (unpaired) electrons. The van der Waals surface area contributed by atoms with Crippen LogP contribution in [0.2, 0.25) is 0 Å². The number of nitrogens with one attached hydrogen (secondary N) is 1. The number of aryl methyl sites for hydroxylation is 3. The van der Waals surface area contributed by atoms with Crippen LogP contribution in [-0.4, -0.2) is 42.1 Å². The molecule has 0 aliphatic carbocycles. The Morgan fingerprint density at radius 1 is 1.33 bits per heavy atom. The molecule has 0 unspecified atom stereocenters. The Hall–Kier alpha value is -1.81. The summed E-state index contributed by atoms with van der Waals surface area (Å²) in [5.74, 6) is 0.0769. The van der Waals surface area contributed by atoms with Crippen molar-refractivity contribution in [2.24, 2.45) is 0 Å². The third-order valence-corrected chi connectivity index (χ3v) is 5.11. The molecule has 130 valence electrons. The summed E-state index contributed by atoms with van der Waals surface area (Å²) in [7, 11) is 1.89. The van der Waals surface area contributed by atoms with Crippen LogP contribution in [-0.2, 0) is 4.74 Å². The van der Waals surface area contributed by atoms with Gasteiger partial charge in [0.05, 0.1) is 6.10 Å². The molecule has 2 heterocycles. The van der Waals surface area contributed by atoms with E-state index in [-0.39, 0.29) is 5.91 Å². The van der Waals surface area contributed by atoms with E-state index in [9.17, 15) is 4.79 Å². The highest BCUT2D eigenvalue weighted by Crippen LogP contribution is 2.26. The molecule has 1 aromatic heterocycles. The molecule has 1 N–H and O–H groups in total. The average Bonchev–Trinajstić information content (AvgIpc) is 3.16. The summed E-state index contributed by atoms with van der Waals surface area (Å²) in [4.78, 5) is 18.0. The maximum absolute atomic E-state index is 12.8. The Morgan fingerprint density at radius 2 is 2.12 bits per heavy atom. The van der Waals surface area contributed by atoms with Crippen molar-refractivity contribution in [2.75, 3.05) is 20.2 Å². The molecule has 1 aliphatic heterocycles. The molecule has 0 saturated carbocycles. The van der Waals surface area contributed by atoms with Crippen LogP contribution < -0.4 is 0 Å². The van der Waals surface area contributed by atoms with Crippen molar-refractivity contribution in [2.45, 2.75) is 52.6 Å². The SMILES string of the molecule is Cc1cc(C)c2[nH]c(C(=O)N(C)CCC[C@@H]3CCCO3)c(C)c2c1. The van der Waals surface area contributed by atoms with Gasteiger partial charge in [-0.3, -0.25) is 4.79 Å². The van der Waals surface area contributed by atoms with E-state index in [2.05, 4.69) is 31.0 Å². The summed E-state index contributed by atoms with van der Waals surface area (Å²) in [6, 6.07) is 4.31. The zero-order chi connectivity index (χ0) is 17.3. The van der Waals surface area contributed by atoms with E-state index < -0.39 is 0 Å². The number of benzene rings is 1. The third kappa shape index (κ3) is 3.34. The Bertz CT molecular complexity index is 742. The Labute approximate surface area is 144 Å². The summed E-state index contributed by atoms with van der Waals surface area (Å²) in [6.45, 7) is 7.88. The lowest BCUT2D eigenvalue weighted by molar-refractivity contribution is 0.0758. The topological polar surface area (TPSA) is 45.3 Å². The number of aromatic nitrogens is 1. The normalized spacial score (nSPS) is 17.6. The minimum atomic E-state index is 0.0769. The number of aromatic amines is 1. The van der Waals surface area contributed by atoms with Gasteiger partial charge < -0.3 is 14.6 Å². The summed E-state index contributed by atoms with van der Waals surface area (Å²) < 4.78 is 5.65. The Morgan fingerprint density at radius 3 is 2.83 bits per heavy atom. The number of rotatable bonds is 5. The van der Waals surface area contributed by atoms with Gasteiger partial charge in [-0.1, -0.05) is 11.6 Å². The van der Waals surface area contributed by atoms with E-state index in [1.165, 1.54) is 17.5 Å². The van der Waals surface area contributed by atoms with Crippen molar-refractivity contribution in [1.82, 2.24) is 9.88 Å². The Kier molecular flexibility index (Phi) is 4.95. The number of hydrogen-bond acceptors (Lipinski definition) is 2. The molecular weight excluding hydrogens is 300 g/mol. The summed E-state index contributed by atoms with van der Waals surface area (Å²) >= 11 is 0. The molecule has 2 aromatic rings. The molecule has 1 saturated heterocycles. The highest BCUT2D eigenvalue weighted by molar-refractivity contribution is 6.01. The number of hydrogen-bond donors (Lipinski definition) is 1. The van der Waals surface area contributed by atoms with Crippen molar-refractivity contribution in [1.29, 1.82) is 0 Å². The predicted molar refractivity (Wildman–Crippen MR) is 97.7 cm³/mol. The number of ether oxygens (including phenoxy) is 1. The van der Waals surface area contributed by atoms with E-state index in [0.717, 1.165) is 54.6 Å².